The van der Waals surface area contributed by atoms with Crippen LogP contribution in [-0.2, 0) is 0 Å². The van der Waals surface area contributed by atoms with Gasteiger partial charge in [-0.3, -0.25) is 19.3 Å². The first-order chi connectivity index (χ1) is 11.9. The first-order valence-electron chi connectivity index (χ1n) is 7.19. The smallest absolute Gasteiger partial charge is 0.294 e. The lowest BCUT2D eigenvalue weighted by Gasteiger charge is -2.07. The van der Waals surface area contributed by atoms with Crippen LogP contribution in [0.25, 0.3) is 5.65 Å². The van der Waals surface area contributed by atoms with Crippen molar-refractivity contribution in [1.29, 1.82) is 0 Å². The SMILES string of the molecule is COc1cccn2c(C(=O)Nc3ccc(Cl)cc3[N+](=O)[O-])c(C)nc12. The van der Waals surface area contributed by atoms with Crippen molar-refractivity contribution < 1.29 is 14.5 Å². The average molecular weight is 361 g/mol. The summed E-state index contributed by atoms with van der Waals surface area (Å²) in [4.78, 5) is 27.6. The number of anilines is 1. The van der Waals surface area contributed by atoms with Crippen molar-refractivity contribution in [3.63, 3.8) is 0 Å². The standard InChI is InChI=1S/C16H13ClN4O4/c1-9-14(20-7-3-4-13(25-2)15(20)18-9)16(22)19-11-6-5-10(17)8-12(11)21(23)24/h3-8H,1-2H3,(H,19,22). The third-order valence-electron chi connectivity index (χ3n) is 3.63. The summed E-state index contributed by atoms with van der Waals surface area (Å²) in [5.74, 6) is -0.00852. The molecule has 2 heterocycles. The zero-order chi connectivity index (χ0) is 18.1. The number of aryl methyl sites for hydroxylation is 1. The molecule has 9 heteroatoms. The predicted molar refractivity (Wildman–Crippen MR) is 92.5 cm³/mol. The van der Waals surface area contributed by atoms with Gasteiger partial charge in [0.15, 0.2) is 11.4 Å². The molecule has 0 saturated heterocycles. The van der Waals surface area contributed by atoms with E-state index in [-0.39, 0.29) is 22.1 Å². The fraction of sp³-hybridized carbons (Fsp3) is 0.125. The Morgan fingerprint density at radius 2 is 2.16 bits per heavy atom. The molecule has 3 aromatic rings. The highest BCUT2D eigenvalue weighted by Crippen LogP contribution is 2.29. The molecular weight excluding hydrogens is 348 g/mol. The Morgan fingerprint density at radius 3 is 2.84 bits per heavy atom. The van der Waals surface area contributed by atoms with E-state index in [2.05, 4.69) is 10.3 Å². The highest BCUT2D eigenvalue weighted by atomic mass is 35.5. The van der Waals surface area contributed by atoms with Crippen molar-refractivity contribution in [2.75, 3.05) is 12.4 Å². The highest BCUT2D eigenvalue weighted by molar-refractivity contribution is 6.31. The van der Waals surface area contributed by atoms with Crippen molar-refractivity contribution in [3.05, 3.63) is 63.1 Å². The van der Waals surface area contributed by atoms with Gasteiger partial charge in [0.25, 0.3) is 11.6 Å². The lowest BCUT2D eigenvalue weighted by atomic mass is 10.2. The largest absolute Gasteiger partial charge is 0.493 e. The summed E-state index contributed by atoms with van der Waals surface area (Å²) in [5.41, 5.74) is 0.983. The second kappa shape index (κ2) is 6.40. The number of nitrogens with one attached hydrogen (secondary N) is 1. The van der Waals surface area contributed by atoms with E-state index in [4.69, 9.17) is 16.3 Å². The van der Waals surface area contributed by atoms with Crippen LogP contribution in [0.3, 0.4) is 0 Å². The number of halogens is 1. The normalized spacial score (nSPS) is 10.7. The molecule has 0 fully saturated rings. The molecule has 25 heavy (non-hydrogen) atoms. The van der Waals surface area contributed by atoms with Gasteiger partial charge in [0.2, 0.25) is 0 Å². The van der Waals surface area contributed by atoms with E-state index in [9.17, 15) is 14.9 Å². The number of aromatic nitrogens is 2. The van der Waals surface area contributed by atoms with Gasteiger partial charge in [-0.2, -0.15) is 0 Å². The summed E-state index contributed by atoms with van der Waals surface area (Å²) in [7, 11) is 1.51. The number of nitro groups is 1. The maximum atomic E-state index is 12.7. The third-order valence-corrected chi connectivity index (χ3v) is 3.86. The van der Waals surface area contributed by atoms with Crippen molar-refractivity contribution >= 4 is 34.5 Å². The van der Waals surface area contributed by atoms with Crippen molar-refractivity contribution in [2.45, 2.75) is 6.92 Å². The zero-order valence-electron chi connectivity index (χ0n) is 13.3. The Morgan fingerprint density at radius 1 is 1.40 bits per heavy atom. The lowest BCUT2D eigenvalue weighted by Crippen LogP contribution is -2.16. The predicted octanol–water partition coefficient (Wildman–Crippen LogP) is 3.47. The number of benzene rings is 1. The number of hydrogen-bond acceptors (Lipinski definition) is 5. The molecule has 0 unspecified atom stereocenters. The molecule has 1 N–H and O–H groups in total. The van der Waals surface area contributed by atoms with Gasteiger partial charge in [0.1, 0.15) is 11.4 Å². The van der Waals surface area contributed by atoms with E-state index in [0.717, 1.165) is 0 Å². The summed E-state index contributed by atoms with van der Waals surface area (Å²) in [6.45, 7) is 1.68. The number of amides is 1. The summed E-state index contributed by atoms with van der Waals surface area (Å²) in [5, 5.41) is 13.9. The maximum absolute atomic E-state index is 12.7. The fourth-order valence-corrected chi connectivity index (χ4v) is 2.70. The molecule has 0 aliphatic heterocycles. The number of hydrogen-bond donors (Lipinski definition) is 1. The van der Waals surface area contributed by atoms with E-state index in [0.29, 0.717) is 17.1 Å². The van der Waals surface area contributed by atoms with Crippen LogP contribution in [-0.4, -0.2) is 27.3 Å². The van der Waals surface area contributed by atoms with Crippen LogP contribution in [0.4, 0.5) is 11.4 Å². The Balaban J connectivity index is 2.05. The average Bonchev–Trinajstić information content (AvgIpc) is 2.92. The molecule has 0 aliphatic carbocycles. The molecule has 0 aliphatic rings. The number of imidazole rings is 1. The molecule has 0 radical (unpaired) electrons. The minimum Gasteiger partial charge on any atom is -0.493 e. The first kappa shape index (κ1) is 16.7. The molecule has 0 spiro atoms. The Bertz CT molecular complexity index is 999. The minimum absolute atomic E-state index is 0.0525. The molecule has 8 nitrogen and oxygen atoms in total. The quantitative estimate of drug-likeness (QED) is 0.567. The molecule has 2 aromatic heterocycles. The van der Waals surface area contributed by atoms with E-state index < -0.39 is 10.8 Å². The van der Waals surface area contributed by atoms with Gasteiger partial charge in [0, 0.05) is 17.3 Å². The van der Waals surface area contributed by atoms with Crippen LogP contribution >= 0.6 is 11.6 Å². The van der Waals surface area contributed by atoms with E-state index in [1.54, 1.807) is 29.7 Å². The maximum Gasteiger partial charge on any atom is 0.294 e. The van der Waals surface area contributed by atoms with Gasteiger partial charge in [0.05, 0.1) is 17.7 Å². The zero-order valence-corrected chi connectivity index (χ0v) is 14.1. The molecule has 1 aromatic carbocycles. The van der Waals surface area contributed by atoms with Crippen LogP contribution in [0.15, 0.2) is 36.5 Å². The Hall–Kier alpha value is -3.13. The second-order valence-electron chi connectivity index (χ2n) is 5.19. The summed E-state index contributed by atoms with van der Waals surface area (Å²) in [6.07, 6.45) is 1.67. The lowest BCUT2D eigenvalue weighted by molar-refractivity contribution is -0.383. The number of nitrogens with zero attached hydrogens (tertiary/aromatic N) is 3. The number of nitro benzene ring substituents is 1. The molecule has 128 valence electrons. The topological polar surface area (TPSA) is 98.8 Å². The molecule has 1 amide bonds. The van der Waals surface area contributed by atoms with Gasteiger partial charge in [-0.05, 0) is 31.2 Å². The van der Waals surface area contributed by atoms with Crippen LogP contribution in [0.5, 0.6) is 5.75 Å². The highest BCUT2D eigenvalue weighted by Gasteiger charge is 2.22. The Kier molecular flexibility index (Phi) is 4.28. The van der Waals surface area contributed by atoms with Crippen molar-refractivity contribution in [1.82, 2.24) is 9.38 Å². The van der Waals surface area contributed by atoms with Crippen molar-refractivity contribution in [3.8, 4) is 5.75 Å². The van der Waals surface area contributed by atoms with E-state index >= 15 is 0 Å². The number of methoxy groups -OCH3 is 1. The number of carbonyl (C=O) groups excluding carboxylic acids is 1. The number of pyridine rings is 1. The minimum atomic E-state index is -0.605. The van der Waals surface area contributed by atoms with Gasteiger partial charge < -0.3 is 10.1 Å². The van der Waals surface area contributed by atoms with E-state index in [1.807, 2.05) is 0 Å². The van der Waals surface area contributed by atoms with Gasteiger partial charge >= 0.3 is 0 Å². The van der Waals surface area contributed by atoms with Crippen molar-refractivity contribution in [2.24, 2.45) is 0 Å². The molecule has 0 bridgehead atoms. The monoisotopic (exact) mass is 360 g/mol. The van der Waals surface area contributed by atoms with Crippen LogP contribution in [0.1, 0.15) is 16.2 Å². The first-order valence-corrected chi connectivity index (χ1v) is 7.57. The van der Waals surface area contributed by atoms with E-state index in [1.165, 1.54) is 25.3 Å². The van der Waals surface area contributed by atoms with Crippen LogP contribution in [0.2, 0.25) is 5.02 Å². The molecule has 0 atom stereocenters. The van der Waals surface area contributed by atoms with Gasteiger partial charge in [-0.25, -0.2) is 4.98 Å². The second-order valence-corrected chi connectivity index (χ2v) is 5.63. The molecule has 3 rings (SSSR count). The summed E-state index contributed by atoms with van der Waals surface area (Å²) >= 11 is 5.79. The van der Waals surface area contributed by atoms with Crippen LogP contribution < -0.4 is 10.1 Å². The molecular formula is C16H13ClN4O4. The summed E-state index contributed by atoms with van der Waals surface area (Å²) < 4.78 is 6.81. The number of fused-ring (bicyclic) bond motifs is 1. The fourth-order valence-electron chi connectivity index (χ4n) is 2.53. The summed E-state index contributed by atoms with van der Waals surface area (Å²) in [6, 6.07) is 7.48. The third kappa shape index (κ3) is 2.99. The Labute approximate surface area is 147 Å². The van der Waals surface area contributed by atoms with Crippen LogP contribution in [0, 0.1) is 17.0 Å². The molecule has 0 saturated carbocycles. The van der Waals surface area contributed by atoms with Gasteiger partial charge in [-0.1, -0.05) is 11.6 Å². The van der Waals surface area contributed by atoms with Gasteiger partial charge in [-0.15, -0.1) is 0 Å². The number of carbonyl (C=O) groups is 1. The number of ether oxygens (including phenoxy) is 1. The number of rotatable bonds is 4.